The molecule has 1 amide bonds. The summed E-state index contributed by atoms with van der Waals surface area (Å²) >= 11 is 1.66. The minimum Gasteiger partial charge on any atom is -0.452 e. The number of esters is 1. The lowest BCUT2D eigenvalue weighted by Gasteiger charge is -2.31. The van der Waals surface area contributed by atoms with Gasteiger partial charge in [-0.25, -0.2) is 14.2 Å². The van der Waals surface area contributed by atoms with Crippen molar-refractivity contribution in [3.05, 3.63) is 64.9 Å². The second-order valence-electron chi connectivity index (χ2n) is 6.75. The van der Waals surface area contributed by atoms with Crippen molar-refractivity contribution in [3.63, 3.8) is 0 Å². The molecule has 5 nitrogen and oxygen atoms in total. The molecule has 28 heavy (non-hydrogen) atoms. The second kappa shape index (κ2) is 8.06. The Morgan fingerprint density at radius 2 is 1.96 bits per heavy atom. The Hall–Kier alpha value is -2.80. The fourth-order valence-corrected chi connectivity index (χ4v) is 4.49. The van der Waals surface area contributed by atoms with Crippen molar-refractivity contribution in [1.82, 2.24) is 9.88 Å². The van der Waals surface area contributed by atoms with Crippen molar-refractivity contribution in [1.29, 1.82) is 0 Å². The summed E-state index contributed by atoms with van der Waals surface area (Å²) < 4.78 is 19.8. The zero-order valence-electron chi connectivity index (χ0n) is 15.1. The van der Waals surface area contributed by atoms with Crippen LogP contribution in [-0.4, -0.2) is 41.5 Å². The number of carbonyl (C=O) groups is 2. The summed E-state index contributed by atoms with van der Waals surface area (Å²) in [5.74, 6) is -1.58. The number of halogens is 1. The maximum absolute atomic E-state index is 13.6. The van der Waals surface area contributed by atoms with Crippen LogP contribution in [0, 0.1) is 5.82 Å². The highest BCUT2D eigenvalue weighted by molar-refractivity contribution is 7.18. The number of ether oxygens (including phenoxy) is 1. The number of thiazole rings is 1. The van der Waals surface area contributed by atoms with Crippen LogP contribution in [0.15, 0.2) is 48.5 Å². The van der Waals surface area contributed by atoms with Gasteiger partial charge in [-0.05, 0) is 37.1 Å². The van der Waals surface area contributed by atoms with Gasteiger partial charge < -0.3 is 9.64 Å². The average molecular weight is 398 g/mol. The summed E-state index contributed by atoms with van der Waals surface area (Å²) in [5.41, 5.74) is 0.811. The minimum absolute atomic E-state index is 0.165. The molecule has 144 valence electrons. The van der Waals surface area contributed by atoms with Gasteiger partial charge in [0.15, 0.2) is 6.61 Å². The third-order valence-electron chi connectivity index (χ3n) is 4.85. The molecule has 0 unspecified atom stereocenters. The molecule has 0 aliphatic carbocycles. The molecule has 1 aliphatic heterocycles. The number of carbonyl (C=O) groups excluding carboxylic acids is 2. The van der Waals surface area contributed by atoms with Gasteiger partial charge in [-0.2, -0.15) is 0 Å². The van der Waals surface area contributed by atoms with Gasteiger partial charge in [0.05, 0.1) is 20.8 Å². The third-order valence-corrected chi connectivity index (χ3v) is 6.05. The van der Waals surface area contributed by atoms with Crippen LogP contribution >= 0.6 is 11.3 Å². The van der Waals surface area contributed by atoms with Crippen LogP contribution in [0.4, 0.5) is 4.39 Å². The predicted molar refractivity (Wildman–Crippen MR) is 105 cm³/mol. The van der Waals surface area contributed by atoms with Crippen molar-refractivity contribution in [2.24, 2.45) is 0 Å². The van der Waals surface area contributed by atoms with E-state index in [2.05, 4.69) is 0 Å². The average Bonchev–Trinajstić information content (AvgIpc) is 3.16. The summed E-state index contributed by atoms with van der Waals surface area (Å²) in [5, 5.41) is 1.03. The van der Waals surface area contributed by atoms with Crippen LogP contribution in [0.2, 0.25) is 0 Å². The molecule has 1 aliphatic rings. The van der Waals surface area contributed by atoms with E-state index in [1.165, 1.54) is 18.2 Å². The van der Waals surface area contributed by atoms with E-state index in [9.17, 15) is 14.0 Å². The Labute approximate surface area is 165 Å². The van der Waals surface area contributed by atoms with E-state index < -0.39 is 11.8 Å². The number of fused-ring (bicyclic) bond motifs is 1. The van der Waals surface area contributed by atoms with Crippen LogP contribution in [0.3, 0.4) is 0 Å². The van der Waals surface area contributed by atoms with Gasteiger partial charge in [0.25, 0.3) is 5.91 Å². The van der Waals surface area contributed by atoms with E-state index in [1.54, 1.807) is 22.3 Å². The van der Waals surface area contributed by atoms with Crippen molar-refractivity contribution in [2.45, 2.75) is 18.8 Å². The number of rotatable bonds is 4. The molecule has 3 aromatic rings. The summed E-state index contributed by atoms with van der Waals surface area (Å²) in [4.78, 5) is 30.9. The first-order valence-corrected chi connectivity index (χ1v) is 9.98. The molecule has 4 rings (SSSR count). The number of likely N-dealkylation sites (tertiary alicyclic amines) is 1. The Kier molecular flexibility index (Phi) is 5.34. The number of hydrogen-bond donors (Lipinski definition) is 0. The zero-order chi connectivity index (χ0) is 19.5. The standard InChI is InChI=1S/C21H19FN2O3S/c22-16-8-2-1-7-15(16)21(26)27-13-19(25)24-11-5-6-14(12-24)20-23-17-9-3-4-10-18(17)28-20/h1-4,7-10,14H,5-6,11-13H2/t14-/m1/s1. The first-order chi connectivity index (χ1) is 13.6. The molecule has 0 spiro atoms. The molecule has 7 heteroatoms. The number of aromatic nitrogens is 1. The van der Waals surface area contributed by atoms with Crippen molar-refractivity contribution < 1.29 is 18.7 Å². The van der Waals surface area contributed by atoms with E-state index in [0.29, 0.717) is 13.1 Å². The lowest BCUT2D eigenvalue weighted by molar-refractivity contribution is -0.135. The third kappa shape index (κ3) is 3.89. The normalized spacial score (nSPS) is 16.9. The van der Waals surface area contributed by atoms with E-state index >= 15 is 0 Å². The minimum atomic E-state index is -0.828. The highest BCUT2D eigenvalue weighted by Gasteiger charge is 2.27. The molecule has 0 saturated carbocycles. The van der Waals surface area contributed by atoms with E-state index in [4.69, 9.17) is 9.72 Å². The lowest BCUT2D eigenvalue weighted by Crippen LogP contribution is -2.41. The smallest absolute Gasteiger partial charge is 0.341 e. The summed E-state index contributed by atoms with van der Waals surface area (Å²) in [6, 6.07) is 13.6. The molecule has 2 heterocycles. The lowest BCUT2D eigenvalue weighted by atomic mass is 9.99. The predicted octanol–water partition coefficient (Wildman–Crippen LogP) is 4.00. The molecule has 1 atom stereocenters. The van der Waals surface area contributed by atoms with E-state index in [1.807, 2.05) is 24.3 Å². The van der Waals surface area contributed by atoms with Crippen LogP contribution < -0.4 is 0 Å². The van der Waals surface area contributed by atoms with Crippen molar-refractivity contribution >= 4 is 33.4 Å². The topological polar surface area (TPSA) is 59.5 Å². The Bertz CT molecular complexity index is 987. The number of hydrogen-bond acceptors (Lipinski definition) is 5. The van der Waals surface area contributed by atoms with Gasteiger partial charge >= 0.3 is 5.97 Å². The maximum Gasteiger partial charge on any atom is 0.341 e. The molecule has 1 aromatic heterocycles. The number of benzene rings is 2. The monoisotopic (exact) mass is 398 g/mol. The van der Waals surface area contributed by atoms with Gasteiger partial charge in [-0.1, -0.05) is 24.3 Å². The van der Waals surface area contributed by atoms with Gasteiger partial charge in [0.1, 0.15) is 5.82 Å². The Morgan fingerprint density at radius 3 is 2.79 bits per heavy atom. The molecule has 0 N–H and O–H groups in total. The van der Waals surface area contributed by atoms with Gasteiger partial charge in [-0.15, -0.1) is 11.3 Å². The quantitative estimate of drug-likeness (QED) is 0.624. The van der Waals surface area contributed by atoms with Crippen LogP contribution in [0.25, 0.3) is 10.2 Å². The van der Waals surface area contributed by atoms with E-state index in [0.717, 1.165) is 28.1 Å². The zero-order valence-corrected chi connectivity index (χ0v) is 16.0. The number of amides is 1. The largest absolute Gasteiger partial charge is 0.452 e. The molecular weight excluding hydrogens is 379 g/mol. The fourth-order valence-electron chi connectivity index (χ4n) is 3.39. The highest BCUT2D eigenvalue weighted by atomic mass is 32.1. The SMILES string of the molecule is O=C(OCC(=O)N1CCC[C@@H](c2nc3ccccc3s2)C1)c1ccccc1F. The van der Waals surface area contributed by atoms with Crippen LogP contribution in [0.5, 0.6) is 0 Å². The van der Waals surface area contributed by atoms with Crippen LogP contribution in [-0.2, 0) is 9.53 Å². The van der Waals surface area contributed by atoms with Gasteiger partial charge in [0, 0.05) is 19.0 Å². The van der Waals surface area contributed by atoms with E-state index in [-0.39, 0.29) is 24.0 Å². The fraction of sp³-hybridized carbons (Fsp3) is 0.286. The molecule has 1 saturated heterocycles. The Morgan fingerprint density at radius 1 is 1.18 bits per heavy atom. The first kappa shape index (κ1) is 18.6. The summed E-state index contributed by atoms with van der Waals surface area (Å²) in [6.07, 6.45) is 1.84. The number of nitrogens with zero attached hydrogens (tertiary/aromatic N) is 2. The molecular formula is C21H19FN2O3S. The molecule has 1 fully saturated rings. The number of piperidine rings is 1. The van der Waals surface area contributed by atoms with Crippen LogP contribution in [0.1, 0.15) is 34.1 Å². The van der Waals surface area contributed by atoms with Crippen molar-refractivity contribution in [3.8, 4) is 0 Å². The van der Waals surface area contributed by atoms with Gasteiger partial charge in [0.2, 0.25) is 0 Å². The molecule has 0 bridgehead atoms. The van der Waals surface area contributed by atoms with Gasteiger partial charge in [-0.3, -0.25) is 4.79 Å². The Balaban J connectivity index is 1.38. The molecule has 2 aromatic carbocycles. The van der Waals surface area contributed by atoms with Crippen molar-refractivity contribution in [2.75, 3.05) is 19.7 Å². The maximum atomic E-state index is 13.6. The number of para-hydroxylation sites is 1. The summed E-state index contributed by atoms with van der Waals surface area (Å²) in [6.45, 7) is 0.785. The molecule has 0 radical (unpaired) electrons. The highest BCUT2D eigenvalue weighted by Crippen LogP contribution is 2.32. The second-order valence-corrected chi connectivity index (χ2v) is 7.82. The first-order valence-electron chi connectivity index (χ1n) is 9.16. The summed E-state index contributed by atoms with van der Waals surface area (Å²) in [7, 11) is 0.